The first-order valence-corrected chi connectivity index (χ1v) is 10.8. The summed E-state index contributed by atoms with van der Waals surface area (Å²) in [4.78, 5) is 33.9. The second kappa shape index (κ2) is 9.69. The first-order chi connectivity index (χ1) is 14.5. The molecule has 0 bridgehead atoms. The number of aryl methyl sites for hydroxylation is 2. The number of carbonyl (C=O) groups is 2. The standard InChI is InChI=1S/C24H30N4O2.ClH/c1-4-20-14-21(23(29)26-20)18-5-7-19(8-6-18)24(30)28-11-9-27(10-12-28)22-17(3)13-16(2)15-25-22;/h5-8,13,15,20-21H,4,9-12,14H2,1-3H3,(H,26,29);1H. The van der Waals surface area contributed by atoms with Crippen LogP contribution in [0, 0.1) is 13.8 Å². The van der Waals surface area contributed by atoms with Crippen LogP contribution < -0.4 is 10.2 Å². The molecule has 2 aromatic rings. The molecule has 0 aliphatic carbocycles. The summed E-state index contributed by atoms with van der Waals surface area (Å²) >= 11 is 0. The van der Waals surface area contributed by atoms with E-state index in [9.17, 15) is 9.59 Å². The third kappa shape index (κ3) is 4.85. The zero-order chi connectivity index (χ0) is 21.3. The molecule has 2 amide bonds. The predicted octanol–water partition coefficient (Wildman–Crippen LogP) is 3.46. The maximum atomic E-state index is 13.0. The van der Waals surface area contributed by atoms with Crippen LogP contribution >= 0.6 is 12.4 Å². The Morgan fingerprint density at radius 2 is 1.81 bits per heavy atom. The molecule has 2 saturated heterocycles. The van der Waals surface area contributed by atoms with Crippen molar-refractivity contribution in [1.29, 1.82) is 0 Å². The Balaban J connectivity index is 0.00000272. The molecule has 6 nitrogen and oxygen atoms in total. The Kier molecular flexibility index (Phi) is 7.21. The van der Waals surface area contributed by atoms with Crippen LogP contribution in [0.1, 0.15) is 52.7 Å². The van der Waals surface area contributed by atoms with Gasteiger partial charge in [-0.05, 0) is 55.5 Å². The Hall–Kier alpha value is -2.60. The monoisotopic (exact) mass is 442 g/mol. The lowest BCUT2D eigenvalue weighted by molar-refractivity contribution is -0.120. The van der Waals surface area contributed by atoms with Crippen LogP contribution in [0.3, 0.4) is 0 Å². The highest BCUT2D eigenvalue weighted by Crippen LogP contribution is 2.28. The van der Waals surface area contributed by atoms with Gasteiger partial charge in [0, 0.05) is 44.0 Å². The van der Waals surface area contributed by atoms with Gasteiger partial charge in [0.2, 0.25) is 5.91 Å². The highest BCUT2D eigenvalue weighted by atomic mass is 35.5. The van der Waals surface area contributed by atoms with Crippen molar-refractivity contribution in [3.63, 3.8) is 0 Å². The minimum absolute atomic E-state index is 0. The minimum Gasteiger partial charge on any atom is -0.353 e. The summed E-state index contributed by atoms with van der Waals surface area (Å²) in [7, 11) is 0. The first kappa shape index (κ1) is 23.1. The van der Waals surface area contributed by atoms with Crippen LogP contribution in [0.25, 0.3) is 0 Å². The van der Waals surface area contributed by atoms with Gasteiger partial charge >= 0.3 is 0 Å². The second-order valence-corrected chi connectivity index (χ2v) is 8.46. The van der Waals surface area contributed by atoms with E-state index in [1.54, 1.807) is 0 Å². The van der Waals surface area contributed by atoms with Gasteiger partial charge in [0.25, 0.3) is 5.91 Å². The van der Waals surface area contributed by atoms with Crippen LogP contribution in [0.2, 0.25) is 0 Å². The van der Waals surface area contributed by atoms with E-state index in [-0.39, 0.29) is 36.2 Å². The Morgan fingerprint density at radius 1 is 1.13 bits per heavy atom. The van der Waals surface area contributed by atoms with Crippen LogP contribution in [0.5, 0.6) is 0 Å². The summed E-state index contributed by atoms with van der Waals surface area (Å²) in [5.41, 5.74) is 4.01. The van der Waals surface area contributed by atoms with Crippen molar-refractivity contribution in [2.75, 3.05) is 31.1 Å². The number of anilines is 1. The van der Waals surface area contributed by atoms with Gasteiger partial charge in [0.1, 0.15) is 5.82 Å². The van der Waals surface area contributed by atoms with Crippen molar-refractivity contribution < 1.29 is 9.59 Å². The van der Waals surface area contributed by atoms with Crippen molar-refractivity contribution in [2.24, 2.45) is 0 Å². The van der Waals surface area contributed by atoms with Crippen LogP contribution in [0.4, 0.5) is 5.82 Å². The van der Waals surface area contributed by atoms with Crippen molar-refractivity contribution in [2.45, 2.75) is 45.6 Å². The maximum absolute atomic E-state index is 13.0. The van der Waals surface area contributed by atoms with E-state index in [0.717, 1.165) is 42.9 Å². The highest BCUT2D eigenvalue weighted by molar-refractivity contribution is 5.94. The van der Waals surface area contributed by atoms with Crippen molar-refractivity contribution in [3.8, 4) is 0 Å². The number of aromatic nitrogens is 1. The molecule has 1 aromatic carbocycles. The number of halogens is 1. The fourth-order valence-corrected chi connectivity index (χ4v) is 4.51. The smallest absolute Gasteiger partial charge is 0.253 e. The van der Waals surface area contributed by atoms with Gasteiger partial charge in [-0.3, -0.25) is 9.59 Å². The minimum atomic E-state index is -0.104. The molecule has 2 aliphatic heterocycles. The van der Waals surface area contributed by atoms with Gasteiger partial charge in [-0.15, -0.1) is 12.4 Å². The molecule has 0 radical (unpaired) electrons. The molecule has 7 heteroatoms. The topological polar surface area (TPSA) is 65.5 Å². The zero-order valence-electron chi connectivity index (χ0n) is 18.4. The number of hydrogen-bond acceptors (Lipinski definition) is 4. The third-order valence-corrected chi connectivity index (χ3v) is 6.29. The highest BCUT2D eigenvalue weighted by Gasteiger charge is 2.32. The number of nitrogens with one attached hydrogen (secondary N) is 1. The predicted molar refractivity (Wildman–Crippen MR) is 125 cm³/mol. The van der Waals surface area contributed by atoms with E-state index in [0.29, 0.717) is 18.7 Å². The van der Waals surface area contributed by atoms with Gasteiger partial charge in [-0.2, -0.15) is 0 Å². The van der Waals surface area contributed by atoms with Gasteiger partial charge in [0.15, 0.2) is 0 Å². The molecule has 166 valence electrons. The lowest BCUT2D eigenvalue weighted by Gasteiger charge is -2.36. The molecule has 2 fully saturated rings. The number of hydrogen-bond donors (Lipinski definition) is 1. The van der Waals surface area contributed by atoms with Gasteiger partial charge in [-0.25, -0.2) is 4.98 Å². The fraction of sp³-hybridized carbons (Fsp3) is 0.458. The molecule has 2 unspecified atom stereocenters. The molecular formula is C24H31ClN4O2. The molecule has 0 saturated carbocycles. The molecular weight excluding hydrogens is 412 g/mol. The van der Waals surface area contributed by atoms with Gasteiger partial charge in [0.05, 0.1) is 5.92 Å². The third-order valence-electron chi connectivity index (χ3n) is 6.29. The Bertz CT molecular complexity index is 939. The van der Waals surface area contributed by atoms with E-state index in [2.05, 4.69) is 35.1 Å². The molecule has 2 atom stereocenters. The first-order valence-electron chi connectivity index (χ1n) is 10.8. The lowest BCUT2D eigenvalue weighted by atomic mass is 9.94. The SMILES string of the molecule is CCC1CC(c2ccc(C(=O)N3CCN(c4ncc(C)cc4C)CC3)cc2)C(=O)N1.Cl. The van der Waals surface area contributed by atoms with Gasteiger partial charge in [-0.1, -0.05) is 25.1 Å². The summed E-state index contributed by atoms with van der Waals surface area (Å²) in [6, 6.07) is 10.0. The number of benzene rings is 1. The average molecular weight is 443 g/mol. The van der Waals surface area contributed by atoms with E-state index >= 15 is 0 Å². The Labute approximate surface area is 190 Å². The number of amides is 2. The maximum Gasteiger partial charge on any atom is 0.253 e. The summed E-state index contributed by atoms with van der Waals surface area (Å²) in [6.45, 7) is 9.14. The summed E-state index contributed by atoms with van der Waals surface area (Å²) in [6.07, 6.45) is 3.67. The summed E-state index contributed by atoms with van der Waals surface area (Å²) in [5, 5.41) is 3.04. The van der Waals surface area contributed by atoms with E-state index < -0.39 is 0 Å². The van der Waals surface area contributed by atoms with Crippen molar-refractivity contribution in [3.05, 3.63) is 58.8 Å². The number of carbonyl (C=O) groups excluding carboxylic acids is 2. The molecule has 1 N–H and O–H groups in total. The largest absolute Gasteiger partial charge is 0.353 e. The number of rotatable bonds is 4. The van der Waals surface area contributed by atoms with E-state index in [1.807, 2.05) is 42.3 Å². The second-order valence-electron chi connectivity index (χ2n) is 8.46. The quantitative estimate of drug-likeness (QED) is 0.787. The molecule has 31 heavy (non-hydrogen) atoms. The Morgan fingerprint density at radius 3 is 2.39 bits per heavy atom. The van der Waals surface area contributed by atoms with Crippen molar-refractivity contribution in [1.82, 2.24) is 15.2 Å². The fourth-order valence-electron chi connectivity index (χ4n) is 4.51. The van der Waals surface area contributed by atoms with Crippen LogP contribution in [-0.2, 0) is 4.79 Å². The van der Waals surface area contributed by atoms with E-state index in [4.69, 9.17) is 0 Å². The van der Waals surface area contributed by atoms with Crippen molar-refractivity contribution >= 4 is 30.0 Å². The van der Waals surface area contributed by atoms with Gasteiger partial charge < -0.3 is 15.1 Å². The lowest BCUT2D eigenvalue weighted by Crippen LogP contribution is -2.49. The molecule has 4 rings (SSSR count). The van der Waals surface area contributed by atoms with Crippen LogP contribution in [-0.4, -0.2) is 53.9 Å². The molecule has 0 spiro atoms. The van der Waals surface area contributed by atoms with Crippen LogP contribution in [0.15, 0.2) is 36.5 Å². The zero-order valence-corrected chi connectivity index (χ0v) is 19.2. The molecule has 2 aliphatic rings. The van der Waals surface area contributed by atoms with E-state index in [1.165, 1.54) is 5.56 Å². The molecule has 3 heterocycles. The normalized spacial score (nSPS) is 20.9. The number of nitrogens with zero attached hydrogens (tertiary/aromatic N) is 3. The number of piperazine rings is 1. The summed E-state index contributed by atoms with van der Waals surface area (Å²) < 4.78 is 0. The number of pyridine rings is 1. The molecule has 1 aromatic heterocycles. The average Bonchev–Trinajstić information content (AvgIpc) is 3.14. The summed E-state index contributed by atoms with van der Waals surface area (Å²) in [5.74, 6) is 1.05.